The summed E-state index contributed by atoms with van der Waals surface area (Å²) in [6.07, 6.45) is 6.73. The van der Waals surface area contributed by atoms with E-state index in [4.69, 9.17) is 4.74 Å². The second-order valence-electron chi connectivity index (χ2n) is 6.51. The van der Waals surface area contributed by atoms with Crippen molar-refractivity contribution in [2.75, 3.05) is 0 Å². The van der Waals surface area contributed by atoms with Crippen molar-refractivity contribution in [3.63, 3.8) is 0 Å². The molecular weight excluding hydrogens is 318 g/mol. The van der Waals surface area contributed by atoms with Gasteiger partial charge in [0.05, 0.1) is 17.6 Å². The highest BCUT2D eigenvalue weighted by atomic mass is 32.1. The van der Waals surface area contributed by atoms with Crippen LogP contribution in [-0.2, 0) is 17.9 Å². The summed E-state index contributed by atoms with van der Waals surface area (Å²) < 4.78 is 6.04. The fourth-order valence-corrected chi connectivity index (χ4v) is 3.98. The predicted molar refractivity (Wildman–Crippen MR) is 98.3 cm³/mol. The molecule has 0 aliphatic heterocycles. The number of thiophene rings is 1. The Balaban J connectivity index is 1.51. The topological polar surface area (TPSA) is 38.3 Å². The molecule has 1 aromatic carbocycles. The molecule has 0 saturated heterocycles. The van der Waals surface area contributed by atoms with Gasteiger partial charge in [0.25, 0.3) is 5.91 Å². The van der Waals surface area contributed by atoms with Crippen molar-refractivity contribution in [3.05, 3.63) is 57.3 Å². The van der Waals surface area contributed by atoms with Crippen molar-refractivity contribution in [2.45, 2.75) is 58.3 Å². The molecule has 1 aliphatic carbocycles. The molecule has 0 spiro atoms. The summed E-state index contributed by atoms with van der Waals surface area (Å²) in [7, 11) is 0. The Morgan fingerprint density at radius 3 is 2.75 bits per heavy atom. The third-order valence-electron chi connectivity index (χ3n) is 4.55. The molecule has 4 heteroatoms. The van der Waals surface area contributed by atoms with Gasteiger partial charge in [-0.05, 0) is 47.9 Å². The number of nitrogens with one attached hydrogen (secondary N) is 1. The van der Waals surface area contributed by atoms with E-state index >= 15 is 0 Å². The van der Waals surface area contributed by atoms with Crippen LogP contribution < -0.4 is 5.32 Å². The first kappa shape index (κ1) is 17.2. The number of carbonyl (C=O) groups is 1. The van der Waals surface area contributed by atoms with Crippen LogP contribution in [0, 0.1) is 6.92 Å². The standard InChI is InChI=1S/C20H25NO2S/c1-15-10-11-24-19(15)20(22)21-13-16-6-5-7-17(12-16)14-23-18-8-3-2-4-9-18/h5-7,10-12,18H,2-4,8-9,13-14H2,1H3,(H,21,22). The van der Waals surface area contributed by atoms with Crippen LogP contribution in [0.15, 0.2) is 35.7 Å². The molecule has 128 valence electrons. The third kappa shape index (κ3) is 4.68. The van der Waals surface area contributed by atoms with Crippen molar-refractivity contribution < 1.29 is 9.53 Å². The van der Waals surface area contributed by atoms with Crippen LogP contribution in [0.3, 0.4) is 0 Å². The van der Waals surface area contributed by atoms with E-state index in [1.54, 1.807) is 0 Å². The number of ether oxygens (including phenoxy) is 1. The molecule has 1 aliphatic rings. The van der Waals surface area contributed by atoms with Gasteiger partial charge in [0.15, 0.2) is 0 Å². The molecule has 1 N–H and O–H groups in total. The first-order chi connectivity index (χ1) is 11.7. The number of aryl methyl sites for hydroxylation is 1. The highest BCUT2D eigenvalue weighted by Gasteiger charge is 2.14. The highest BCUT2D eigenvalue weighted by molar-refractivity contribution is 7.12. The zero-order chi connectivity index (χ0) is 16.8. The molecule has 1 amide bonds. The maximum absolute atomic E-state index is 12.2. The number of hydrogen-bond donors (Lipinski definition) is 1. The Bertz CT molecular complexity index is 674. The quantitative estimate of drug-likeness (QED) is 0.815. The zero-order valence-electron chi connectivity index (χ0n) is 14.2. The van der Waals surface area contributed by atoms with Crippen molar-refractivity contribution in [3.8, 4) is 0 Å². The lowest BCUT2D eigenvalue weighted by atomic mass is 9.98. The normalized spacial score (nSPS) is 15.4. The summed E-state index contributed by atoms with van der Waals surface area (Å²) in [5, 5.41) is 4.96. The van der Waals surface area contributed by atoms with Crippen molar-refractivity contribution in [1.29, 1.82) is 0 Å². The minimum Gasteiger partial charge on any atom is -0.374 e. The molecule has 0 radical (unpaired) electrons. The lowest BCUT2D eigenvalue weighted by Gasteiger charge is -2.22. The smallest absolute Gasteiger partial charge is 0.261 e. The molecule has 1 fully saturated rings. The van der Waals surface area contributed by atoms with Crippen LogP contribution in [0.5, 0.6) is 0 Å². The van der Waals surface area contributed by atoms with Gasteiger partial charge in [-0.3, -0.25) is 4.79 Å². The second-order valence-corrected chi connectivity index (χ2v) is 7.42. The van der Waals surface area contributed by atoms with Gasteiger partial charge in [0.1, 0.15) is 0 Å². The van der Waals surface area contributed by atoms with Crippen LogP contribution in [0.25, 0.3) is 0 Å². The van der Waals surface area contributed by atoms with Gasteiger partial charge in [-0.25, -0.2) is 0 Å². The molecule has 1 saturated carbocycles. The molecule has 2 aromatic rings. The van der Waals surface area contributed by atoms with E-state index in [1.165, 1.54) is 49.0 Å². The van der Waals surface area contributed by atoms with Crippen molar-refractivity contribution in [2.24, 2.45) is 0 Å². The van der Waals surface area contributed by atoms with Gasteiger partial charge in [0.2, 0.25) is 0 Å². The second kappa shape index (κ2) is 8.45. The Kier molecular flexibility index (Phi) is 6.05. The van der Waals surface area contributed by atoms with Gasteiger partial charge >= 0.3 is 0 Å². The summed E-state index contributed by atoms with van der Waals surface area (Å²) >= 11 is 1.49. The molecule has 0 unspecified atom stereocenters. The summed E-state index contributed by atoms with van der Waals surface area (Å²) in [4.78, 5) is 13.0. The van der Waals surface area contributed by atoms with Gasteiger partial charge < -0.3 is 10.1 Å². The van der Waals surface area contributed by atoms with Gasteiger partial charge in [-0.15, -0.1) is 11.3 Å². The average Bonchev–Trinajstić information content (AvgIpc) is 3.05. The molecule has 1 aromatic heterocycles. The van der Waals surface area contributed by atoms with E-state index in [2.05, 4.69) is 17.4 Å². The Labute approximate surface area is 148 Å². The van der Waals surface area contributed by atoms with Crippen LogP contribution >= 0.6 is 11.3 Å². The number of benzene rings is 1. The molecule has 1 heterocycles. The first-order valence-corrected chi connectivity index (χ1v) is 9.62. The third-order valence-corrected chi connectivity index (χ3v) is 5.57. The Hall–Kier alpha value is -1.65. The zero-order valence-corrected chi connectivity index (χ0v) is 15.0. The highest BCUT2D eigenvalue weighted by Crippen LogP contribution is 2.21. The summed E-state index contributed by atoms with van der Waals surface area (Å²) in [5.74, 6) is 0.00589. The number of amides is 1. The van der Waals surface area contributed by atoms with Gasteiger partial charge in [-0.1, -0.05) is 43.5 Å². The van der Waals surface area contributed by atoms with Gasteiger partial charge in [0, 0.05) is 6.54 Å². The molecular formula is C20H25NO2S. The van der Waals surface area contributed by atoms with Crippen molar-refractivity contribution in [1.82, 2.24) is 5.32 Å². The minimum absolute atomic E-state index is 0.00589. The summed E-state index contributed by atoms with van der Waals surface area (Å²) in [5.41, 5.74) is 3.33. The summed E-state index contributed by atoms with van der Waals surface area (Å²) in [6.45, 7) is 3.18. The minimum atomic E-state index is 0.00589. The number of carbonyl (C=O) groups excluding carboxylic acids is 1. The van der Waals surface area contributed by atoms with Crippen LogP contribution in [0.1, 0.15) is 58.5 Å². The van der Waals surface area contributed by atoms with Crippen LogP contribution in [0.2, 0.25) is 0 Å². The van der Waals surface area contributed by atoms with Crippen molar-refractivity contribution >= 4 is 17.2 Å². The Morgan fingerprint density at radius 1 is 1.21 bits per heavy atom. The molecule has 3 rings (SSSR count). The first-order valence-electron chi connectivity index (χ1n) is 8.74. The maximum Gasteiger partial charge on any atom is 0.261 e. The lowest BCUT2D eigenvalue weighted by Crippen LogP contribution is -2.22. The Morgan fingerprint density at radius 2 is 2.00 bits per heavy atom. The largest absolute Gasteiger partial charge is 0.374 e. The molecule has 0 atom stereocenters. The van der Waals surface area contributed by atoms with E-state index in [0.29, 0.717) is 19.3 Å². The lowest BCUT2D eigenvalue weighted by molar-refractivity contribution is 0.0168. The number of rotatable bonds is 6. The SMILES string of the molecule is Cc1ccsc1C(=O)NCc1cccc(COC2CCCCC2)c1. The van der Waals surface area contributed by atoms with Crippen LogP contribution in [0.4, 0.5) is 0 Å². The van der Waals surface area contributed by atoms with E-state index in [1.807, 2.05) is 30.5 Å². The van der Waals surface area contributed by atoms with E-state index in [-0.39, 0.29) is 5.91 Å². The average molecular weight is 343 g/mol. The monoisotopic (exact) mass is 343 g/mol. The molecule has 0 bridgehead atoms. The summed E-state index contributed by atoms with van der Waals surface area (Å²) in [6, 6.07) is 10.3. The van der Waals surface area contributed by atoms with Gasteiger partial charge in [-0.2, -0.15) is 0 Å². The van der Waals surface area contributed by atoms with E-state index in [9.17, 15) is 4.79 Å². The molecule has 3 nitrogen and oxygen atoms in total. The predicted octanol–water partition coefficient (Wildman–Crippen LogP) is 4.84. The fraction of sp³-hybridized carbons (Fsp3) is 0.450. The maximum atomic E-state index is 12.2. The molecule has 24 heavy (non-hydrogen) atoms. The van der Waals surface area contributed by atoms with Crippen LogP contribution in [-0.4, -0.2) is 12.0 Å². The van der Waals surface area contributed by atoms with E-state index < -0.39 is 0 Å². The fourth-order valence-electron chi connectivity index (χ4n) is 3.14. The van der Waals surface area contributed by atoms with E-state index in [0.717, 1.165) is 16.0 Å². The number of hydrogen-bond acceptors (Lipinski definition) is 3.